The van der Waals surface area contributed by atoms with Crippen molar-refractivity contribution in [1.82, 2.24) is 4.90 Å². The molecule has 2 aromatic carbocycles. The van der Waals surface area contributed by atoms with Crippen molar-refractivity contribution < 1.29 is 4.79 Å². The Morgan fingerprint density at radius 1 is 1.10 bits per heavy atom. The monoisotopic (exact) mass is 296 g/mol. The second kappa shape index (κ2) is 4.43. The standard InChI is InChI=1S/C17H13ClN2O/c18-13-7-5-12(6-8-13)17-9-10-19-11-20(17)16(21)14-3-1-2-4-15(14)17/h1-8,11H,9-10H2. The average molecular weight is 297 g/mol. The van der Waals surface area contributed by atoms with Crippen molar-refractivity contribution in [2.75, 3.05) is 6.54 Å². The SMILES string of the molecule is O=C1c2ccccc2C2(c3ccc(Cl)cc3)CCN=CN12. The molecular formula is C17H13ClN2O. The number of benzene rings is 2. The van der Waals surface area contributed by atoms with Crippen molar-refractivity contribution in [3.63, 3.8) is 0 Å². The number of nitrogens with zero attached hydrogens (tertiary/aromatic N) is 2. The fourth-order valence-corrected chi connectivity index (χ4v) is 3.53. The van der Waals surface area contributed by atoms with E-state index in [4.69, 9.17) is 11.6 Å². The van der Waals surface area contributed by atoms with E-state index in [0.717, 1.165) is 23.1 Å². The number of fused-ring (bicyclic) bond motifs is 3. The summed E-state index contributed by atoms with van der Waals surface area (Å²) in [6, 6.07) is 15.6. The third-order valence-corrected chi connectivity index (χ3v) is 4.61. The molecule has 0 aromatic heterocycles. The summed E-state index contributed by atoms with van der Waals surface area (Å²) in [4.78, 5) is 18.7. The Balaban J connectivity index is 2.01. The van der Waals surface area contributed by atoms with Gasteiger partial charge in [0.15, 0.2) is 0 Å². The molecule has 2 aromatic rings. The maximum absolute atomic E-state index is 12.7. The molecule has 0 radical (unpaired) electrons. The van der Waals surface area contributed by atoms with Crippen LogP contribution >= 0.6 is 11.6 Å². The quantitative estimate of drug-likeness (QED) is 0.793. The fourth-order valence-electron chi connectivity index (χ4n) is 3.40. The Morgan fingerprint density at radius 3 is 2.67 bits per heavy atom. The van der Waals surface area contributed by atoms with Gasteiger partial charge in [0.25, 0.3) is 5.91 Å². The predicted molar refractivity (Wildman–Crippen MR) is 82.8 cm³/mol. The Morgan fingerprint density at radius 2 is 1.86 bits per heavy atom. The van der Waals surface area contributed by atoms with Crippen LogP contribution in [0.25, 0.3) is 0 Å². The van der Waals surface area contributed by atoms with Crippen molar-refractivity contribution in [3.05, 3.63) is 70.2 Å². The van der Waals surface area contributed by atoms with Crippen LogP contribution in [0.3, 0.4) is 0 Å². The maximum atomic E-state index is 12.7. The van der Waals surface area contributed by atoms with Crippen LogP contribution in [-0.2, 0) is 5.54 Å². The molecule has 2 heterocycles. The number of hydrogen-bond acceptors (Lipinski definition) is 2. The number of aliphatic imine (C=N–C) groups is 1. The molecule has 0 spiro atoms. The molecule has 104 valence electrons. The van der Waals surface area contributed by atoms with E-state index < -0.39 is 5.54 Å². The minimum atomic E-state index is -0.444. The second-order valence-electron chi connectivity index (χ2n) is 5.36. The highest BCUT2D eigenvalue weighted by molar-refractivity contribution is 6.30. The predicted octanol–water partition coefficient (Wildman–Crippen LogP) is 3.47. The Labute approximate surface area is 127 Å². The zero-order valence-corrected chi connectivity index (χ0v) is 12.0. The van der Waals surface area contributed by atoms with Gasteiger partial charge in [0.05, 0.1) is 6.34 Å². The van der Waals surface area contributed by atoms with E-state index in [1.54, 1.807) is 11.2 Å². The summed E-state index contributed by atoms with van der Waals surface area (Å²) in [7, 11) is 0. The summed E-state index contributed by atoms with van der Waals surface area (Å²) >= 11 is 6.01. The van der Waals surface area contributed by atoms with Crippen molar-refractivity contribution in [2.24, 2.45) is 4.99 Å². The molecule has 2 aliphatic rings. The lowest BCUT2D eigenvalue weighted by molar-refractivity contribution is 0.0775. The number of carbonyl (C=O) groups excluding carboxylic acids is 1. The molecule has 0 aliphatic carbocycles. The molecule has 3 nitrogen and oxygen atoms in total. The van der Waals surface area contributed by atoms with E-state index in [9.17, 15) is 4.79 Å². The van der Waals surface area contributed by atoms with Gasteiger partial charge in [-0.05, 0) is 35.7 Å². The lowest BCUT2D eigenvalue weighted by Gasteiger charge is -2.39. The number of halogens is 1. The first-order chi connectivity index (χ1) is 10.2. The third kappa shape index (κ3) is 1.61. The number of hydrogen-bond donors (Lipinski definition) is 0. The topological polar surface area (TPSA) is 32.7 Å². The molecule has 0 fully saturated rings. The average Bonchev–Trinajstić information content (AvgIpc) is 2.80. The van der Waals surface area contributed by atoms with E-state index in [0.29, 0.717) is 11.6 Å². The summed E-state index contributed by atoms with van der Waals surface area (Å²) in [6.45, 7) is 0.709. The van der Waals surface area contributed by atoms with E-state index in [2.05, 4.69) is 4.99 Å². The van der Waals surface area contributed by atoms with Crippen LogP contribution in [0.4, 0.5) is 0 Å². The van der Waals surface area contributed by atoms with Gasteiger partial charge in [-0.1, -0.05) is 41.9 Å². The smallest absolute Gasteiger partial charge is 0.260 e. The highest BCUT2D eigenvalue weighted by Crippen LogP contribution is 2.47. The highest BCUT2D eigenvalue weighted by atomic mass is 35.5. The number of carbonyl (C=O) groups is 1. The molecule has 0 N–H and O–H groups in total. The van der Waals surface area contributed by atoms with Crippen LogP contribution in [0.5, 0.6) is 0 Å². The lowest BCUT2D eigenvalue weighted by atomic mass is 9.79. The largest absolute Gasteiger partial charge is 0.284 e. The molecule has 4 rings (SSSR count). The zero-order chi connectivity index (χ0) is 14.4. The number of rotatable bonds is 1. The second-order valence-corrected chi connectivity index (χ2v) is 5.80. The van der Waals surface area contributed by atoms with Crippen LogP contribution in [0.15, 0.2) is 53.5 Å². The first kappa shape index (κ1) is 12.6. The summed E-state index contributed by atoms with van der Waals surface area (Å²) in [5.41, 5.74) is 2.46. The molecule has 1 amide bonds. The highest BCUT2D eigenvalue weighted by Gasteiger charge is 2.50. The van der Waals surface area contributed by atoms with Crippen LogP contribution in [0.2, 0.25) is 5.02 Å². The number of amides is 1. The summed E-state index contributed by atoms with van der Waals surface area (Å²) in [5.74, 6) is 0.0176. The van der Waals surface area contributed by atoms with E-state index >= 15 is 0 Å². The van der Waals surface area contributed by atoms with Gasteiger partial charge in [0.1, 0.15) is 5.54 Å². The minimum absolute atomic E-state index is 0.0176. The van der Waals surface area contributed by atoms with Crippen LogP contribution in [-0.4, -0.2) is 23.7 Å². The summed E-state index contributed by atoms with van der Waals surface area (Å²) < 4.78 is 0. The molecule has 2 aliphatic heterocycles. The van der Waals surface area contributed by atoms with Gasteiger partial charge < -0.3 is 0 Å². The lowest BCUT2D eigenvalue weighted by Crippen LogP contribution is -2.46. The maximum Gasteiger partial charge on any atom is 0.260 e. The van der Waals surface area contributed by atoms with Gasteiger partial charge in [0, 0.05) is 17.1 Å². The van der Waals surface area contributed by atoms with Gasteiger partial charge in [0.2, 0.25) is 0 Å². The Hall–Kier alpha value is -2.13. The van der Waals surface area contributed by atoms with Crippen molar-refractivity contribution in [3.8, 4) is 0 Å². The Kier molecular flexibility index (Phi) is 2.66. The third-order valence-electron chi connectivity index (χ3n) is 4.35. The normalized spacial score (nSPS) is 23.1. The van der Waals surface area contributed by atoms with Crippen LogP contribution in [0.1, 0.15) is 27.9 Å². The van der Waals surface area contributed by atoms with Gasteiger partial charge in [-0.2, -0.15) is 0 Å². The molecular weight excluding hydrogens is 284 g/mol. The van der Waals surface area contributed by atoms with Gasteiger partial charge in [-0.25, -0.2) is 0 Å². The zero-order valence-electron chi connectivity index (χ0n) is 11.3. The first-order valence-electron chi connectivity index (χ1n) is 6.93. The molecule has 4 heteroatoms. The van der Waals surface area contributed by atoms with Crippen molar-refractivity contribution in [1.29, 1.82) is 0 Å². The van der Waals surface area contributed by atoms with E-state index in [-0.39, 0.29) is 5.91 Å². The summed E-state index contributed by atoms with van der Waals surface area (Å²) in [6.07, 6.45) is 2.47. The van der Waals surface area contributed by atoms with Gasteiger partial charge >= 0.3 is 0 Å². The Bertz CT molecular complexity index is 754. The molecule has 0 saturated heterocycles. The molecule has 1 unspecified atom stereocenters. The first-order valence-corrected chi connectivity index (χ1v) is 7.30. The van der Waals surface area contributed by atoms with Gasteiger partial charge in [-0.3, -0.25) is 14.7 Å². The minimum Gasteiger partial charge on any atom is -0.284 e. The van der Waals surface area contributed by atoms with Crippen molar-refractivity contribution in [2.45, 2.75) is 12.0 Å². The molecule has 0 bridgehead atoms. The van der Waals surface area contributed by atoms with Gasteiger partial charge in [-0.15, -0.1) is 0 Å². The van der Waals surface area contributed by atoms with E-state index in [1.807, 2.05) is 48.5 Å². The molecule has 1 atom stereocenters. The van der Waals surface area contributed by atoms with E-state index in [1.165, 1.54) is 0 Å². The molecule has 21 heavy (non-hydrogen) atoms. The molecule has 0 saturated carbocycles. The fraction of sp³-hybridized carbons (Fsp3) is 0.176. The summed E-state index contributed by atoms with van der Waals surface area (Å²) in [5, 5.41) is 0.698. The van der Waals surface area contributed by atoms with Crippen molar-refractivity contribution >= 4 is 23.8 Å². The van der Waals surface area contributed by atoms with Crippen LogP contribution < -0.4 is 0 Å². The van der Waals surface area contributed by atoms with Crippen LogP contribution in [0, 0.1) is 0 Å².